The van der Waals surface area contributed by atoms with E-state index in [4.69, 9.17) is 0 Å². The fraction of sp³-hybridized carbons (Fsp3) is 0.0714. The van der Waals surface area contributed by atoms with E-state index in [1.807, 2.05) is 18.0 Å². The van der Waals surface area contributed by atoms with Crippen molar-refractivity contribution in [3.8, 4) is 0 Å². The van der Waals surface area contributed by atoms with Gasteiger partial charge >= 0.3 is 0 Å². The van der Waals surface area contributed by atoms with E-state index < -0.39 is 0 Å². The average Bonchev–Trinajstić information content (AvgIpc) is 2.29. The van der Waals surface area contributed by atoms with Crippen LogP contribution in [0.3, 0.4) is 0 Å². The maximum atomic E-state index is 4.48. The van der Waals surface area contributed by atoms with Crippen LogP contribution in [0.2, 0.25) is 0 Å². The largest absolute Gasteiger partial charge is 0.288 e. The topological polar surface area (TPSA) is 12.4 Å². The van der Waals surface area contributed by atoms with Crippen molar-refractivity contribution in [1.82, 2.24) is 0 Å². The summed E-state index contributed by atoms with van der Waals surface area (Å²) in [6, 6.07) is 16.9. The van der Waals surface area contributed by atoms with E-state index in [0.717, 1.165) is 6.54 Å². The number of hydrogen-bond donors (Lipinski definition) is 0. The van der Waals surface area contributed by atoms with Crippen LogP contribution in [0.5, 0.6) is 0 Å². The number of fused-ring (bicyclic) bond motifs is 2. The Labute approximate surface area is 99.2 Å². The van der Waals surface area contributed by atoms with E-state index in [0.29, 0.717) is 0 Å². The van der Waals surface area contributed by atoms with E-state index in [9.17, 15) is 0 Å². The average molecular weight is 225 g/mol. The molecular weight excluding hydrogens is 214 g/mol. The SMILES string of the molecule is C1=N\Cc2ccccc2Sc2ccccc2/1. The van der Waals surface area contributed by atoms with Crippen LogP contribution in [0.15, 0.2) is 63.3 Å². The monoisotopic (exact) mass is 225 g/mol. The van der Waals surface area contributed by atoms with Gasteiger partial charge in [0.15, 0.2) is 0 Å². The first kappa shape index (κ1) is 9.67. The number of rotatable bonds is 0. The van der Waals surface area contributed by atoms with Gasteiger partial charge in [-0.3, -0.25) is 4.99 Å². The van der Waals surface area contributed by atoms with E-state index >= 15 is 0 Å². The molecule has 78 valence electrons. The second-order valence-corrected chi connectivity index (χ2v) is 4.80. The molecule has 0 fully saturated rings. The first-order chi connectivity index (χ1) is 7.93. The third kappa shape index (κ3) is 1.76. The smallest absolute Gasteiger partial charge is 0.0651 e. The van der Waals surface area contributed by atoms with Crippen LogP contribution < -0.4 is 0 Å². The van der Waals surface area contributed by atoms with Crippen LogP contribution in [-0.2, 0) is 6.54 Å². The third-order valence-corrected chi connectivity index (χ3v) is 3.81. The predicted molar refractivity (Wildman–Crippen MR) is 68.3 cm³/mol. The fourth-order valence-electron chi connectivity index (χ4n) is 1.77. The second kappa shape index (κ2) is 4.14. The Balaban J connectivity index is 2.13. The van der Waals surface area contributed by atoms with Crippen molar-refractivity contribution in [2.24, 2.45) is 4.99 Å². The molecule has 0 aliphatic carbocycles. The molecule has 0 saturated carbocycles. The molecule has 0 atom stereocenters. The fourth-order valence-corrected chi connectivity index (χ4v) is 2.81. The van der Waals surface area contributed by atoms with Gasteiger partial charge in [0.2, 0.25) is 0 Å². The van der Waals surface area contributed by atoms with Gasteiger partial charge in [-0.2, -0.15) is 0 Å². The lowest BCUT2D eigenvalue weighted by atomic mass is 10.2. The molecular formula is C14H11NS. The van der Waals surface area contributed by atoms with Gasteiger partial charge in [-0.1, -0.05) is 48.2 Å². The zero-order valence-corrected chi connectivity index (χ0v) is 9.58. The highest BCUT2D eigenvalue weighted by Crippen LogP contribution is 2.33. The van der Waals surface area contributed by atoms with Crippen molar-refractivity contribution in [3.63, 3.8) is 0 Å². The number of nitrogens with zero attached hydrogens (tertiary/aromatic N) is 1. The number of aliphatic imine (C=N–C) groups is 1. The van der Waals surface area contributed by atoms with Crippen molar-refractivity contribution in [2.75, 3.05) is 0 Å². The van der Waals surface area contributed by atoms with Crippen LogP contribution in [0.1, 0.15) is 11.1 Å². The van der Waals surface area contributed by atoms with Gasteiger partial charge in [-0.05, 0) is 17.7 Å². The molecule has 1 aliphatic heterocycles. The quantitative estimate of drug-likeness (QED) is 0.664. The van der Waals surface area contributed by atoms with Crippen molar-refractivity contribution < 1.29 is 0 Å². The summed E-state index contributed by atoms with van der Waals surface area (Å²) >= 11 is 1.83. The van der Waals surface area contributed by atoms with Crippen LogP contribution in [0.25, 0.3) is 0 Å². The Kier molecular flexibility index (Phi) is 2.50. The molecule has 1 heterocycles. The lowest BCUT2D eigenvalue weighted by Crippen LogP contribution is -1.93. The molecule has 0 amide bonds. The number of hydrogen-bond acceptors (Lipinski definition) is 2. The maximum absolute atomic E-state index is 4.48. The van der Waals surface area contributed by atoms with Crippen molar-refractivity contribution in [2.45, 2.75) is 16.3 Å². The van der Waals surface area contributed by atoms with E-state index in [-0.39, 0.29) is 0 Å². The molecule has 0 radical (unpaired) electrons. The first-order valence-corrected chi connectivity index (χ1v) is 6.10. The summed E-state index contributed by atoms with van der Waals surface area (Å²) in [4.78, 5) is 7.06. The summed E-state index contributed by atoms with van der Waals surface area (Å²) in [6.07, 6.45) is 1.97. The van der Waals surface area contributed by atoms with Crippen molar-refractivity contribution in [3.05, 3.63) is 59.7 Å². The van der Waals surface area contributed by atoms with E-state index in [2.05, 4.69) is 53.5 Å². The summed E-state index contributed by atoms with van der Waals surface area (Å²) in [6.45, 7) is 0.775. The minimum Gasteiger partial charge on any atom is -0.288 e. The van der Waals surface area contributed by atoms with Gasteiger partial charge in [0.25, 0.3) is 0 Å². The lowest BCUT2D eigenvalue weighted by molar-refractivity contribution is 1.03. The van der Waals surface area contributed by atoms with Gasteiger partial charge in [-0.25, -0.2) is 0 Å². The molecule has 16 heavy (non-hydrogen) atoms. The summed E-state index contributed by atoms with van der Waals surface area (Å²) in [7, 11) is 0. The lowest BCUT2D eigenvalue weighted by Gasteiger charge is -2.11. The van der Waals surface area contributed by atoms with Gasteiger partial charge in [0, 0.05) is 21.6 Å². The molecule has 1 nitrogen and oxygen atoms in total. The molecule has 3 rings (SSSR count). The molecule has 1 aliphatic rings. The zero-order chi connectivity index (χ0) is 10.8. The minimum absolute atomic E-state index is 0.775. The van der Waals surface area contributed by atoms with Gasteiger partial charge < -0.3 is 0 Å². The van der Waals surface area contributed by atoms with Crippen molar-refractivity contribution >= 4 is 18.0 Å². The maximum Gasteiger partial charge on any atom is 0.0651 e. The normalized spacial score (nSPS) is 15.5. The van der Waals surface area contributed by atoms with Gasteiger partial charge in [-0.15, -0.1) is 0 Å². The zero-order valence-electron chi connectivity index (χ0n) is 8.76. The second-order valence-electron chi connectivity index (χ2n) is 3.72. The Morgan fingerprint density at radius 3 is 2.56 bits per heavy atom. The minimum atomic E-state index is 0.775. The summed E-state index contributed by atoms with van der Waals surface area (Å²) in [5, 5.41) is 0. The Hall–Kier alpha value is -1.54. The predicted octanol–water partition coefficient (Wildman–Crippen LogP) is 3.77. The number of benzene rings is 2. The van der Waals surface area contributed by atoms with Crippen molar-refractivity contribution in [1.29, 1.82) is 0 Å². The molecule has 2 aromatic rings. The summed E-state index contributed by atoms with van der Waals surface area (Å²) < 4.78 is 0. The highest BCUT2D eigenvalue weighted by molar-refractivity contribution is 7.99. The third-order valence-electron chi connectivity index (χ3n) is 2.60. The van der Waals surface area contributed by atoms with Crippen LogP contribution >= 0.6 is 11.8 Å². The molecule has 0 bridgehead atoms. The molecule has 0 saturated heterocycles. The molecule has 0 N–H and O–H groups in total. The molecule has 0 spiro atoms. The van der Waals surface area contributed by atoms with Crippen LogP contribution in [0.4, 0.5) is 0 Å². The molecule has 0 unspecified atom stereocenters. The molecule has 2 aromatic carbocycles. The Morgan fingerprint density at radius 2 is 1.62 bits per heavy atom. The van der Waals surface area contributed by atoms with Crippen LogP contribution in [-0.4, -0.2) is 6.21 Å². The first-order valence-electron chi connectivity index (χ1n) is 5.28. The standard InChI is InChI=1S/C14H11NS/c1-3-7-13-11(5-1)9-15-10-12-6-2-4-8-14(12)16-13/h1-9H,10H2/b15-9-. The summed E-state index contributed by atoms with van der Waals surface area (Å²) in [5.74, 6) is 0. The highest BCUT2D eigenvalue weighted by atomic mass is 32.2. The van der Waals surface area contributed by atoms with E-state index in [1.54, 1.807) is 0 Å². The highest BCUT2D eigenvalue weighted by Gasteiger charge is 2.08. The van der Waals surface area contributed by atoms with Gasteiger partial charge in [0.1, 0.15) is 0 Å². The van der Waals surface area contributed by atoms with Gasteiger partial charge in [0.05, 0.1) is 6.54 Å². The Morgan fingerprint density at radius 1 is 0.875 bits per heavy atom. The molecule has 2 heteroatoms. The Bertz CT molecular complexity index is 546. The van der Waals surface area contributed by atoms with E-state index in [1.165, 1.54) is 20.9 Å². The summed E-state index contributed by atoms with van der Waals surface area (Å²) in [5.41, 5.74) is 2.51. The molecule has 0 aromatic heterocycles. The van der Waals surface area contributed by atoms with Crippen LogP contribution in [0, 0.1) is 0 Å².